The second kappa shape index (κ2) is 10.7. The van der Waals surface area contributed by atoms with Crippen molar-refractivity contribution in [2.24, 2.45) is 5.92 Å². The Hall–Kier alpha value is -2.57. The molecule has 1 saturated heterocycles. The van der Waals surface area contributed by atoms with Gasteiger partial charge in [-0.3, -0.25) is 14.4 Å². The van der Waals surface area contributed by atoms with E-state index in [0.29, 0.717) is 45.4 Å². The van der Waals surface area contributed by atoms with E-state index >= 15 is 0 Å². The van der Waals surface area contributed by atoms with Crippen LogP contribution in [0.3, 0.4) is 0 Å². The molecule has 1 aromatic rings. The lowest BCUT2D eigenvalue weighted by molar-refractivity contribution is -0.149. The molecule has 154 valence electrons. The number of ether oxygens (including phenoxy) is 1. The number of rotatable bonds is 9. The first-order chi connectivity index (χ1) is 13.4. The molecule has 0 spiro atoms. The summed E-state index contributed by atoms with van der Waals surface area (Å²) in [6.07, 6.45) is 2.14. The number of carboxylic acids is 1. The Labute approximate surface area is 166 Å². The Kier molecular flexibility index (Phi) is 8.29. The van der Waals surface area contributed by atoms with Crippen LogP contribution in [-0.4, -0.2) is 65.0 Å². The lowest BCUT2D eigenvalue weighted by atomic mass is 9.94. The highest BCUT2D eigenvalue weighted by molar-refractivity contribution is 5.84. The Morgan fingerprint density at radius 2 is 1.86 bits per heavy atom. The van der Waals surface area contributed by atoms with Crippen molar-refractivity contribution < 1.29 is 24.2 Å². The van der Waals surface area contributed by atoms with Gasteiger partial charge in [-0.2, -0.15) is 0 Å². The van der Waals surface area contributed by atoms with Crippen molar-refractivity contribution in [1.82, 2.24) is 9.80 Å². The Bertz CT molecular complexity index is 656. The lowest BCUT2D eigenvalue weighted by Crippen LogP contribution is -2.48. The van der Waals surface area contributed by atoms with Gasteiger partial charge in [-0.1, -0.05) is 25.1 Å². The summed E-state index contributed by atoms with van der Waals surface area (Å²) in [5.41, 5.74) is 0. The summed E-state index contributed by atoms with van der Waals surface area (Å²) in [5.74, 6) is -0.580. The first-order valence-electron chi connectivity index (χ1n) is 9.90. The fraction of sp³-hybridized carbons (Fsp3) is 0.571. The molecule has 28 heavy (non-hydrogen) atoms. The fourth-order valence-electron chi connectivity index (χ4n) is 3.36. The van der Waals surface area contributed by atoms with Crippen LogP contribution >= 0.6 is 0 Å². The third-order valence-corrected chi connectivity index (χ3v) is 5.24. The van der Waals surface area contributed by atoms with Crippen LogP contribution in [0.2, 0.25) is 0 Å². The molecule has 1 unspecified atom stereocenters. The number of likely N-dealkylation sites (tertiary alicyclic amines) is 1. The number of carboxylic acid groups (broad SMARTS) is 1. The minimum Gasteiger partial charge on any atom is -0.493 e. The number of aliphatic carboxylic acids is 1. The van der Waals surface area contributed by atoms with E-state index in [1.165, 1.54) is 4.90 Å². The summed E-state index contributed by atoms with van der Waals surface area (Å²) >= 11 is 0. The smallest absolute Gasteiger partial charge is 0.323 e. The zero-order valence-corrected chi connectivity index (χ0v) is 16.7. The van der Waals surface area contributed by atoms with E-state index < -0.39 is 5.97 Å². The highest BCUT2D eigenvalue weighted by Gasteiger charge is 2.32. The zero-order chi connectivity index (χ0) is 20.5. The molecule has 7 heteroatoms. The number of benzene rings is 1. The van der Waals surface area contributed by atoms with Gasteiger partial charge in [0.25, 0.3) is 0 Å². The Morgan fingerprint density at radius 3 is 2.43 bits per heavy atom. The van der Waals surface area contributed by atoms with Gasteiger partial charge in [0, 0.05) is 25.0 Å². The molecule has 1 N–H and O–H groups in total. The number of carbonyl (C=O) groups is 3. The van der Waals surface area contributed by atoms with Gasteiger partial charge in [0.2, 0.25) is 11.8 Å². The minimum absolute atomic E-state index is 0.0196. The number of nitrogens with zero attached hydrogens (tertiary/aromatic N) is 2. The normalized spacial score (nSPS) is 15.7. The minimum atomic E-state index is -1.00. The van der Waals surface area contributed by atoms with Gasteiger partial charge >= 0.3 is 5.97 Å². The van der Waals surface area contributed by atoms with E-state index in [0.717, 1.165) is 5.75 Å². The molecular weight excluding hydrogens is 360 g/mol. The number of amides is 2. The number of hydrogen-bond donors (Lipinski definition) is 1. The van der Waals surface area contributed by atoms with Crippen LogP contribution in [0, 0.1) is 5.92 Å². The number of hydrogen-bond acceptors (Lipinski definition) is 4. The molecule has 0 saturated carbocycles. The van der Waals surface area contributed by atoms with Crippen molar-refractivity contribution in [1.29, 1.82) is 0 Å². The molecule has 1 aromatic carbocycles. The summed E-state index contributed by atoms with van der Waals surface area (Å²) in [5, 5.41) is 9.10. The second-order valence-corrected chi connectivity index (χ2v) is 7.18. The summed E-state index contributed by atoms with van der Waals surface area (Å²) in [6.45, 7) is 4.88. The van der Waals surface area contributed by atoms with E-state index in [9.17, 15) is 14.4 Å². The Morgan fingerprint density at radius 1 is 1.21 bits per heavy atom. The van der Waals surface area contributed by atoms with E-state index in [1.807, 2.05) is 44.2 Å². The highest BCUT2D eigenvalue weighted by Crippen LogP contribution is 2.22. The van der Waals surface area contributed by atoms with Crippen LogP contribution in [0.15, 0.2) is 30.3 Å². The zero-order valence-electron chi connectivity index (χ0n) is 16.7. The predicted octanol–water partition coefficient (Wildman–Crippen LogP) is 2.41. The fourth-order valence-corrected chi connectivity index (χ4v) is 3.36. The van der Waals surface area contributed by atoms with E-state index in [4.69, 9.17) is 9.84 Å². The highest BCUT2D eigenvalue weighted by atomic mass is 16.5. The van der Waals surface area contributed by atoms with Crippen LogP contribution < -0.4 is 4.74 Å². The summed E-state index contributed by atoms with van der Waals surface area (Å²) in [6, 6.07) is 9.25. The van der Waals surface area contributed by atoms with Crippen LogP contribution in [0.1, 0.15) is 39.5 Å². The third kappa shape index (κ3) is 6.25. The number of para-hydroxylation sites is 1. The molecule has 1 aliphatic rings. The molecule has 1 fully saturated rings. The topological polar surface area (TPSA) is 87.2 Å². The number of carbonyl (C=O) groups excluding carboxylic acids is 2. The molecule has 1 aliphatic heterocycles. The molecule has 7 nitrogen and oxygen atoms in total. The van der Waals surface area contributed by atoms with Gasteiger partial charge in [0.05, 0.1) is 13.0 Å². The summed E-state index contributed by atoms with van der Waals surface area (Å²) in [7, 11) is 0. The molecule has 2 rings (SSSR count). The summed E-state index contributed by atoms with van der Waals surface area (Å²) < 4.78 is 5.57. The largest absolute Gasteiger partial charge is 0.493 e. The molecule has 0 radical (unpaired) electrons. The maximum atomic E-state index is 12.8. The maximum Gasteiger partial charge on any atom is 0.323 e. The first kappa shape index (κ1) is 21.7. The van der Waals surface area contributed by atoms with Gasteiger partial charge in [-0.15, -0.1) is 0 Å². The second-order valence-electron chi connectivity index (χ2n) is 7.18. The van der Waals surface area contributed by atoms with Crippen LogP contribution in [0.4, 0.5) is 0 Å². The van der Waals surface area contributed by atoms with E-state index in [2.05, 4.69) is 0 Å². The molecular formula is C21H30N2O5. The number of piperidine rings is 1. The molecule has 0 aliphatic carbocycles. The molecule has 2 amide bonds. The van der Waals surface area contributed by atoms with Crippen molar-refractivity contribution in [3.05, 3.63) is 30.3 Å². The first-order valence-corrected chi connectivity index (χ1v) is 9.90. The predicted molar refractivity (Wildman–Crippen MR) is 105 cm³/mol. The average molecular weight is 390 g/mol. The molecule has 0 bridgehead atoms. The van der Waals surface area contributed by atoms with Gasteiger partial charge in [0.1, 0.15) is 12.3 Å². The van der Waals surface area contributed by atoms with Gasteiger partial charge in [-0.25, -0.2) is 0 Å². The third-order valence-electron chi connectivity index (χ3n) is 5.24. The Balaban J connectivity index is 1.79. The average Bonchev–Trinajstić information content (AvgIpc) is 2.71. The SMILES string of the molecule is CCC(C)N(CC(=O)O)C(=O)C1CCN(C(=O)CCOc2ccccc2)CC1. The molecule has 1 atom stereocenters. The van der Waals surface area contributed by atoms with Crippen LogP contribution in [0.25, 0.3) is 0 Å². The van der Waals surface area contributed by atoms with Crippen molar-refractivity contribution >= 4 is 17.8 Å². The van der Waals surface area contributed by atoms with E-state index in [1.54, 1.807) is 4.90 Å². The van der Waals surface area contributed by atoms with Crippen LogP contribution in [-0.2, 0) is 14.4 Å². The molecule has 1 heterocycles. The van der Waals surface area contributed by atoms with Crippen LogP contribution in [0.5, 0.6) is 5.75 Å². The van der Waals surface area contributed by atoms with Crippen molar-refractivity contribution in [2.45, 2.75) is 45.6 Å². The quantitative estimate of drug-likeness (QED) is 0.700. The molecule has 0 aromatic heterocycles. The van der Waals surface area contributed by atoms with Crippen molar-refractivity contribution in [2.75, 3.05) is 26.2 Å². The van der Waals surface area contributed by atoms with E-state index in [-0.39, 0.29) is 30.3 Å². The van der Waals surface area contributed by atoms with Crippen molar-refractivity contribution in [3.8, 4) is 5.75 Å². The maximum absolute atomic E-state index is 12.8. The van der Waals surface area contributed by atoms with Crippen molar-refractivity contribution in [3.63, 3.8) is 0 Å². The summed E-state index contributed by atoms with van der Waals surface area (Å²) in [4.78, 5) is 39.5. The van der Waals surface area contributed by atoms with Gasteiger partial charge in [0.15, 0.2) is 0 Å². The standard InChI is InChI=1S/C21H30N2O5/c1-3-16(2)23(15-20(25)26)21(27)17-9-12-22(13-10-17)19(24)11-14-28-18-7-5-4-6-8-18/h4-8,16-17H,3,9-15H2,1-2H3,(H,25,26). The lowest BCUT2D eigenvalue weighted by Gasteiger charge is -2.35. The van der Waals surface area contributed by atoms with Gasteiger partial charge < -0.3 is 19.6 Å². The van der Waals surface area contributed by atoms with Gasteiger partial charge in [-0.05, 0) is 38.3 Å². The monoisotopic (exact) mass is 390 g/mol.